The Bertz CT molecular complexity index is 914. The van der Waals surface area contributed by atoms with E-state index in [4.69, 9.17) is 14.1 Å². The summed E-state index contributed by atoms with van der Waals surface area (Å²) in [6.45, 7) is 5.63. The molecule has 0 unspecified atom stereocenters. The molecule has 1 atom stereocenters. The highest BCUT2D eigenvalue weighted by Gasteiger charge is 2.20. The zero-order valence-corrected chi connectivity index (χ0v) is 15.6. The molecule has 1 heterocycles. The number of carbonyl (C=O) groups is 1. The van der Waals surface area contributed by atoms with E-state index in [1.54, 1.807) is 26.2 Å². The van der Waals surface area contributed by atoms with Crippen LogP contribution in [0.1, 0.15) is 18.1 Å². The number of hydrogen-bond acceptors (Lipinski definition) is 6. The molecule has 0 spiro atoms. The Morgan fingerprint density at radius 3 is 2.33 bits per heavy atom. The Balaban J connectivity index is 1.71. The smallest absolute Gasteiger partial charge is 0.266 e. The van der Waals surface area contributed by atoms with Gasteiger partial charge < -0.3 is 14.8 Å². The summed E-state index contributed by atoms with van der Waals surface area (Å²) >= 11 is 0. The van der Waals surface area contributed by atoms with Crippen molar-refractivity contribution in [1.82, 2.24) is 10.3 Å². The molecule has 0 radical (unpaired) electrons. The summed E-state index contributed by atoms with van der Waals surface area (Å²) in [7, 11) is 1.59. The molecule has 0 bridgehead atoms. The fourth-order valence-corrected chi connectivity index (χ4v) is 2.69. The number of methoxy groups -OCH3 is 1. The van der Waals surface area contributed by atoms with E-state index in [2.05, 4.69) is 15.6 Å². The molecule has 3 rings (SSSR count). The van der Waals surface area contributed by atoms with Crippen molar-refractivity contribution < 1.29 is 18.9 Å². The van der Waals surface area contributed by atoms with Crippen LogP contribution in [-0.4, -0.2) is 29.4 Å². The number of benzene rings is 2. The summed E-state index contributed by atoms with van der Waals surface area (Å²) in [6.07, 6.45) is -0.716. The van der Waals surface area contributed by atoms with Crippen molar-refractivity contribution in [3.63, 3.8) is 0 Å². The number of hydrogen-bond donors (Lipinski definition) is 1. The maximum Gasteiger partial charge on any atom is 0.266 e. The van der Waals surface area contributed by atoms with Crippen LogP contribution in [0, 0.1) is 13.8 Å². The van der Waals surface area contributed by atoms with Gasteiger partial charge in [0.15, 0.2) is 11.8 Å². The van der Waals surface area contributed by atoms with Crippen LogP contribution in [0.5, 0.6) is 11.5 Å². The topological polar surface area (TPSA) is 86.5 Å². The minimum absolute atomic E-state index is 0.237. The zero-order chi connectivity index (χ0) is 19.4. The van der Waals surface area contributed by atoms with E-state index < -0.39 is 6.10 Å². The summed E-state index contributed by atoms with van der Waals surface area (Å²) in [5, 5.41) is 10.4. The normalized spacial score (nSPS) is 11.7. The molecule has 0 aliphatic rings. The standard InChI is InChI=1S/C20H21N3O4/c1-12-9-13(2)11-17(10-12)26-14(3)20(24)21-19-18(22-27-23-19)15-5-7-16(25-4)8-6-15/h5-11,14H,1-4H3,(H,21,23,24)/t14-/m0/s1. The van der Waals surface area contributed by atoms with Crippen molar-refractivity contribution in [2.75, 3.05) is 12.4 Å². The Labute approximate surface area is 157 Å². The van der Waals surface area contributed by atoms with E-state index in [0.29, 0.717) is 11.4 Å². The second-order valence-corrected chi connectivity index (χ2v) is 6.26. The second-order valence-electron chi connectivity index (χ2n) is 6.26. The van der Waals surface area contributed by atoms with Crippen LogP contribution in [0.4, 0.5) is 5.82 Å². The fraction of sp³-hybridized carbons (Fsp3) is 0.250. The molecule has 27 heavy (non-hydrogen) atoms. The van der Waals surface area contributed by atoms with Gasteiger partial charge in [0.2, 0.25) is 5.82 Å². The first-order chi connectivity index (χ1) is 13.0. The lowest BCUT2D eigenvalue weighted by Crippen LogP contribution is -2.30. The molecule has 0 aliphatic carbocycles. The molecular weight excluding hydrogens is 346 g/mol. The second kappa shape index (κ2) is 7.90. The molecule has 7 heteroatoms. The van der Waals surface area contributed by atoms with Crippen molar-refractivity contribution in [3.05, 3.63) is 53.6 Å². The Morgan fingerprint density at radius 1 is 1.04 bits per heavy atom. The number of anilines is 1. The first-order valence-corrected chi connectivity index (χ1v) is 8.49. The van der Waals surface area contributed by atoms with Gasteiger partial charge in [-0.05, 0) is 78.6 Å². The average Bonchev–Trinajstić information content (AvgIpc) is 3.09. The molecule has 0 saturated carbocycles. The molecule has 140 valence electrons. The van der Waals surface area contributed by atoms with E-state index >= 15 is 0 Å². The van der Waals surface area contributed by atoms with Crippen LogP contribution in [0.15, 0.2) is 47.1 Å². The van der Waals surface area contributed by atoms with Gasteiger partial charge in [-0.15, -0.1) is 0 Å². The molecule has 1 N–H and O–H groups in total. The van der Waals surface area contributed by atoms with E-state index in [9.17, 15) is 4.79 Å². The number of aromatic nitrogens is 2. The summed E-state index contributed by atoms with van der Waals surface area (Å²) in [6, 6.07) is 13.0. The molecule has 1 aromatic heterocycles. The highest BCUT2D eigenvalue weighted by atomic mass is 16.6. The minimum Gasteiger partial charge on any atom is -0.497 e. The van der Waals surface area contributed by atoms with Gasteiger partial charge in [-0.2, -0.15) is 0 Å². The third-order valence-electron chi connectivity index (χ3n) is 3.97. The molecule has 7 nitrogen and oxygen atoms in total. The van der Waals surface area contributed by atoms with Gasteiger partial charge in [0.1, 0.15) is 11.5 Å². The lowest BCUT2D eigenvalue weighted by molar-refractivity contribution is -0.122. The van der Waals surface area contributed by atoms with Crippen LogP contribution in [0.2, 0.25) is 0 Å². The van der Waals surface area contributed by atoms with Crippen LogP contribution < -0.4 is 14.8 Å². The van der Waals surface area contributed by atoms with Gasteiger partial charge in [-0.3, -0.25) is 4.79 Å². The first kappa shape index (κ1) is 18.4. The van der Waals surface area contributed by atoms with E-state index in [1.807, 2.05) is 44.2 Å². The van der Waals surface area contributed by atoms with Crippen molar-refractivity contribution in [3.8, 4) is 22.8 Å². The number of carbonyl (C=O) groups excluding carboxylic acids is 1. The van der Waals surface area contributed by atoms with Gasteiger partial charge in [-0.25, -0.2) is 4.63 Å². The lowest BCUT2D eigenvalue weighted by Gasteiger charge is -2.15. The Hall–Kier alpha value is -3.35. The van der Waals surface area contributed by atoms with Gasteiger partial charge in [0.05, 0.1) is 7.11 Å². The van der Waals surface area contributed by atoms with Crippen molar-refractivity contribution >= 4 is 11.7 Å². The number of rotatable bonds is 6. The van der Waals surface area contributed by atoms with Crippen LogP contribution >= 0.6 is 0 Å². The molecule has 0 aliphatic heterocycles. The summed E-state index contributed by atoms with van der Waals surface area (Å²) in [5.74, 6) is 1.25. The quantitative estimate of drug-likeness (QED) is 0.714. The third-order valence-corrected chi connectivity index (χ3v) is 3.97. The third kappa shape index (κ3) is 4.44. The lowest BCUT2D eigenvalue weighted by atomic mass is 10.1. The van der Waals surface area contributed by atoms with Gasteiger partial charge in [0.25, 0.3) is 5.91 Å². The van der Waals surface area contributed by atoms with E-state index in [0.717, 1.165) is 22.4 Å². The van der Waals surface area contributed by atoms with Crippen LogP contribution in [0.25, 0.3) is 11.3 Å². The fourth-order valence-electron chi connectivity index (χ4n) is 2.69. The van der Waals surface area contributed by atoms with Crippen molar-refractivity contribution in [2.45, 2.75) is 26.9 Å². The van der Waals surface area contributed by atoms with Crippen LogP contribution in [0.3, 0.4) is 0 Å². The number of aryl methyl sites for hydroxylation is 2. The SMILES string of the molecule is COc1ccc(-c2nonc2NC(=O)[C@H](C)Oc2cc(C)cc(C)c2)cc1. The number of nitrogens with zero attached hydrogens (tertiary/aromatic N) is 2. The maximum absolute atomic E-state index is 12.5. The molecule has 0 fully saturated rings. The molecule has 3 aromatic rings. The van der Waals surface area contributed by atoms with Gasteiger partial charge >= 0.3 is 0 Å². The molecule has 1 amide bonds. The largest absolute Gasteiger partial charge is 0.497 e. The van der Waals surface area contributed by atoms with Crippen molar-refractivity contribution in [1.29, 1.82) is 0 Å². The summed E-state index contributed by atoms with van der Waals surface area (Å²) in [5.41, 5.74) is 3.32. The highest BCUT2D eigenvalue weighted by Crippen LogP contribution is 2.26. The first-order valence-electron chi connectivity index (χ1n) is 8.49. The Kier molecular flexibility index (Phi) is 5.40. The predicted octanol–water partition coefficient (Wildman–Crippen LogP) is 3.77. The molecular formula is C20H21N3O4. The summed E-state index contributed by atoms with van der Waals surface area (Å²) < 4.78 is 15.7. The Morgan fingerprint density at radius 2 is 1.70 bits per heavy atom. The number of nitrogens with one attached hydrogen (secondary N) is 1. The highest BCUT2D eigenvalue weighted by molar-refractivity contribution is 5.96. The van der Waals surface area contributed by atoms with Crippen LogP contribution in [-0.2, 0) is 4.79 Å². The van der Waals surface area contributed by atoms with E-state index in [1.165, 1.54) is 0 Å². The maximum atomic E-state index is 12.5. The monoisotopic (exact) mass is 367 g/mol. The zero-order valence-electron chi connectivity index (χ0n) is 15.6. The van der Waals surface area contributed by atoms with Crippen molar-refractivity contribution in [2.24, 2.45) is 0 Å². The minimum atomic E-state index is -0.716. The number of ether oxygens (including phenoxy) is 2. The van der Waals surface area contributed by atoms with Gasteiger partial charge in [-0.1, -0.05) is 6.07 Å². The number of amides is 1. The predicted molar refractivity (Wildman–Crippen MR) is 101 cm³/mol. The molecule has 2 aromatic carbocycles. The van der Waals surface area contributed by atoms with Gasteiger partial charge in [0, 0.05) is 5.56 Å². The van der Waals surface area contributed by atoms with E-state index in [-0.39, 0.29) is 11.7 Å². The molecule has 0 saturated heterocycles. The summed E-state index contributed by atoms with van der Waals surface area (Å²) in [4.78, 5) is 12.5. The average molecular weight is 367 g/mol.